The molecule has 1 aliphatic rings. The van der Waals surface area contributed by atoms with Crippen molar-refractivity contribution in [1.82, 2.24) is 15.3 Å². The average molecular weight is 272 g/mol. The van der Waals surface area contributed by atoms with Crippen molar-refractivity contribution in [2.75, 3.05) is 11.9 Å². The van der Waals surface area contributed by atoms with Gasteiger partial charge < -0.3 is 10.3 Å². The first-order valence-electron chi connectivity index (χ1n) is 7.21. The van der Waals surface area contributed by atoms with E-state index in [9.17, 15) is 4.79 Å². The molecule has 0 atom stereocenters. The minimum atomic E-state index is -0.0317. The second-order valence-electron chi connectivity index (χ2n) is 5.45. The summed E-state index contributed by atoms with van der Waals surface area (Å²) in [5.41, 5.74) is 2.73. The van der Waals surface area contributed by atoms with Crippen LogP contribution in [-0.4, -0.2) is 29.1 Å². The van der Waals surface area contributed by atoms with Gasteiger partial charge in [0.1, 0.15) is 0 Å². The van der Waals surface area contributed by atoms with Gasteiger partial charge in [-0.25, -0.2) is 9.78 Å². The molecule has 5 heteroatoms. The highest BCUT2D eigenvalue weighted by atomic mass is 16.2. The van der Waals surface area contributed by atoms with Gasteiger partial charge in [0.25, 0.3) is 0 Å². The van der Waals surface area contributed by atoms with E-state index in [1.54, 1.807) is 18.3 Å². The summed E-state index contributed by atoms with van der Waals surface area (Å²) in [5.74, 6) is 0. The lowest BCUT2D eigenvalue weighted by molar-refractivity contribution is 0.239. The molecule has 1 aromatic carbocycles. The Labute approximate surface area is 118 Å². The quantitative estimate of drug-likeness (QED) is 0.882. The van der Waals surface area contributed by atoms with Crippen molar-refractivity contribution < 1.29 is 4.79 Å². The molecule has 0 unspecified atom stereocenters. The molecule has 0 aliphatic heterocycles. The third-order valence-corrected chi connectivity index (χ3v) is 4.03. The largest absolute Gasteiger partial charge is 0.345 e. The number of carbonyl (C=O) groups excluding carboxylic acids is 1. The van der Waals surface area contributed by atoms with Gasteiger partial charge in [-0.1, -0.05) is 19.3 Å². The number of H-pyrrole nitrogens is 1. The molecule has 1 aromatic heterocycles. The molecule has 1 heterocycles. The molecule has 2 amide bonds. The molecular weight excluding hydrogens is 252 g/mol. The lowest BCUT2D eigenvalue weighted by atomic mass is 9.96. The molecule has 20 heavy (non-hydrogen) atoms. The molecule has 5 nitrogen and oxygen atoms in total. The highest BCUT2D eigenvalue weighted by Gasteiger charge is 2.18. The van der Waals surface area contributed by atoms with Crippen LogP contribution in [0, 0.1) is 0 Å². The lowest BCUT2D eigenvalue weighted by Crippen LogP contribution is -2.43. The number of aromatic amines is 1. The van der Waals surface area contributed by atoms with Crippen molar-refractivity contribution in [2.24, 2.45) is 0 Å². The Morgan fingerprint density at radius 3 is 2.95 bits per heavy atom. The summed E-state index contributed by atoms with van der Waals surface area (Å²) in [5, 5.41) is 3.12. The van der Waals surface area contributed by atoms with Crippen LogP contribution in [0.5, 0.6) is 0 Å². The lowest BCUT2D eigenvalue weighted by Gasteiger charge is -2.26. The summed E-state index contributed by atoms with van der Waals surface area (Å²) in [6, 6.07) is 6.09. The van der Waals surface area contributed by atoms with Crippen LogP contribution in [0.2, 0.25) is 0 Å². The fraction of sp³-hybridized carbons (Fsp3) is 0.467. The summed E-state index contributed by atoms with van der Waals surface area (Å²) in [6.45, 7) is 0. The molecule has 0 bridgehead atoms. The predicted octanol–water partition coefficient (Wildman–Crippen LogP) is 3.04. The van der Waals surface area contributed by atoms with E-state index in [2.05, 4.69) is 15.3 Å². The minimum absolute atomic E-state index is 0.0317. The van der Waals surface area contributed by atoms with Crippen LogP contribution >= 0.6 is 0 Å². The van der Waals surface area contributed by atoms with Crippen molar-refractivity contribution in [3.8, 4) is 0 Å². The number of nitrogens with zero attached hydrogens (tertiary/aromatic N) is 2. The SMILES string of the molecule is CN(C(=O)NC1CCCCC1)c1ccc2nc[nH]c2c1. The molecule has 1 fully saturated rings. The zero-order chi connectivity index (χ0) is 13.9. The zero-order valence-corrected chi connectivity index (χ0v) is 11.7. The summed E-state index contributed by atoms with van der Waals surface area (Å²) in [6.07, 6.45) is 7.58. The predicted molar refractivity (Wildman–Crippen MR) is 79.9 cm³/mol. The van der Waals surface area contributed by atoms with Gasteiger partial charge in [-0.3, -0.25) is 4.90 Å². The van der Waals surface area contributed by atoms with E-state index in [4.69, 9.17) is 0 Å². The number of anilines is 1. The highest BCUT2D eigenvalue weighted by Crippen LogP contribution is 2.20. The number of nitrogens with one attached hydrogen (secondary N) is 2. The second kappa shape index (κ2) is 5.53. The smallest absolute Gasteiger partial charge is 0.321 e. The van der Waals surface area contributed by atoms with Crippen molar-refractivity contribution in [2.45, 2.75) is 38.1 Å². The normalized spacial score (nSPS) is 16.2. The molecule has 0 radical (unpaired) electrons. The molecule has 3 rings (SSSR count). The van der Waals surface area contributed by atoms with Crippen LogP contribution in [0.25, 0.3) is 11.0 Å². The maximum Gasteiger partial charge on any atom is 0.321 e. The van der Waals surface area contributed by atoms with E-state index in [0.717, 1.165) is 29.6 Å². The molecule has 106 valence electrons. The topological polar surface area (TPSA) is 61.0 Å². The number of hydrogen-bond donors (Lipinski definition) is 2. The summed E-state index contributed by atoms with van der Waals surface area (Å²) >= 11 is 0. The molecule has 0 saturated heterocycles. The van der Waals surface area contributed by atoms with Gasteiger partial charge in [-0.2, -0.15) is 0 Å². The number of hydrogen-bond acceptors (Lipinski definition) is 2. The van der Waals surface area contributed by atoms with Gasteiger partial charge in [0.05, 0.1) is 17.4 Å². The third kappa shape index (κ3) is 2.61. The number of amides is 2. The number of fused-ring (bicyclic) bond motifs is 1. The van der Waals surface area contributed by atoms with E-state index in [0.29, 0.717) is 6.04 Å². The monoisotopic (exact) mass is 272 g/mol. The molecule has 0 spiro atoms. The van der Waals surface area contributed by atoms with Crippen LogP contribution in [0.1, 0.15) is 32.1 Å². The third-order valence-electron chi connectivity index (χ3n) is 4.03. The van der Waals surface area contributed by atoms with Crippen LogP contribution < -0.4 is 10.2 Å². The van der Waals surface area contributed by atoms with E-state index in [1.165, 1.54) is 19.3 Å². The first kappa shape index (κ1) is 13.0. The summed E-state index contributed by atoms with van der Waals surface area (Å²) in [7, 11) is 1.80. The van der Waals surface area contributed by atoms with Crippen LogP contribution in [0.15, 0.2) is 24.5 Å². The maximum absolute atomic E-state index is 12.3. The van der Waals surface area contributed by atoms with Crippen molar-refractivity contribution in [3.05, 3.63) is 24.5 Å². The Balaban J connectivity index is 1.70. The van der Waals surface area contributed by atoms with Gasteiger partial charge in [-0.15, -0.1) is 0 Å². The number of imidazole rings is 1. The number of carbonyl (C=O) groups is 1. The zero-order valence-electron chi connectivity index (χ0n) is 11.7. The number of rotatable bonds is 2. The van der Waals surface area contributed by atoms with Gasteiger partial charge >= 0.3 is 6.03 Å². The van der Waals surface area contributed by atoms with Gasteiger partial charge in [0.15, 0.2) is 0 Å². The van der Waals surface area contributed by atoms with Crippen LogP contribution in [0.3, 0.4) is 0 Å². The first-order chi connectivity index (χ1) is 9.74. The Kier molecular flexibility index (Phi) is 3.58. The number of urea groups is 1. The maximum atomic E-state index is 12.3. The second-order valence-corrected chi connectivity index (χ2v) is 5.45. The molecule has 2 N–H and O–H groups in total. The fourth-order valence-corrected chi connectivity index (χ4v) is 2.77. The summed E-state index contributed by atoms with van der Waals surface area (Å²) < 4.78 is 0. The van der Waals surface area contributed by atoms with Gasteiger partial charge in [-0.05, 0) is 31.0 Å². The van der Waals surface area contributed by atoms with E-state index in [-0.39, 0.29) is 6.03 Å². The Bertz CT molecular complexity index is 601. The van der Waals surface area contributed by atoms with Crippen molar-refractivity contribution >= 4 is 22.8 Å². The fourth-order valence-electron chi connectivity index (χ4n) is 2.77. The first-order valence-corrected chi connectivity index (χ1v) is 7.21. The average Bonchev–Trinajstić information content (AvgIpc) is 2.94. The van der Waals surface area contributed by atoms with E-state index >= 15 is 0 Å². The highest BCUT2D eigenvalue weighted by molar-refractivity contribution is 5.93. The molecule has 1 aliphatic carbocycles. The molecular formula is C15H20N4O. The van der Waals surface area contributed by atoms with E-state index in [1.807, 2.05) is 18.2 Å². The number of aromatic nitrogens is 2. The Morgan fingerprint density at radius 2 is 2.15 bits per heavy atom. The van der Waals surface area contributed by atoms with Crippen molar-refractivity contribution in [1.29, 1.82) is 0 Å². The van der Waals surface area contributed by atoms with Crippen LogP contribution in [-0.2, 0) is 0 Å². The minimum Gasteiger partial charge on any atom is -0.345 e. The molecule has 1 saturated carbocycles. The van der Waals surface area contributed by atoms with Crippen LogP contribution in [0.4, 0.5) is 10.5 Å². The Hall–Kier alpha value is -2.04. The summed E-state index contributed by atoms with van der Waals surface area (Å²) in [4.78, 5) is 21.2. The standard InChI is InChI=1S/C15H20N4O/c1-19(15(20)18-11-5-3-2-4-6-11)12-7-8-13-14(9-12)17-10-16-13/h7-11H,2-6H2,1H3,(H,16,17)(H,18,20). The Morgan fingerprint density at radius 1 is 1.35 bits per heavy atom. The van der Waals surface area contributed by atoms with Crippen molar-refractivity contribution in [3.63, 3.8) is 0 Å². The van der Waals surface area contributed by atoms with E-state index < -0.39 is 0 Å². The van der Waals surface area contributed by atoms with Gasteiger partial charge in [0, 0.05) is 18.8 Å². The van der Waals surface area contributed by atoms with Gasteiger partial charge in [0.2, 0.25) is 0 Å². The molecule has 2 aromatic rings. The number of benzene rings is 1.